The Labute approximate surface area is 122 Å². The maximum Gasteiger partial charge on any atom is 0.233 e. The Morgan fingerprint density at radius 1 is 1.10 bits per heavy atom. The monoisotopic (exact) mass is 313 g/mol. The van der Waals surface area contributed by atoms with Gasteiger partial charge in [0.15, 0.2) is 0 Å². The van der Waals surface area contributed by atoms with Crippen molar-refractivity contribution in [1.82, 2.24) is 0 Å². The van der Waals surface area contributed by atoms with E-state index in [4.69, 9.17) is 11.6 Å². The summed E-state index contributed by atoms with van der Waals surface area (Å²) >= 11 is 5.72. The van der Waals surface area contributed by atoms with Crippen LogP contribution in [0.4, 0.5) is 10.1 Å². The third kappa shape index (κ3) is 4.21. The van der Waals surface area contributed by atoms with Gasteiger partial charge in [-0.3, -0.25) is 4.72 Å². The average molecular weight is 314 g/mol. The maximum atomic E-state index is 13.5. The third-order valence-corrected chi connectivity index (χ3v) is 4.20. The van der Waals surface area contributed by atoms with Gasteiger partial charge in [0.05, 0.1) is 11.4 Å². The molecule has 6 heteroatoms. The Balaban J connectivity index is 2.06. The maximum absolute atomic E-state index is 13.5. The van der Waals surface area contributed by atoms with Gasteiger partial charge < -0.3 is 0 Å². The van der Waals surface area contributed by atoms with Crippen LogP contribution in [-0.2, 0) is 16.4 Å². The predicted molar refractivity (Wildman–Crippen MR) is 79.0 cm³/mol. The molecule has 0 aromatic heterocycles. The van der Waals surface area contributed by atoms with E-state index in [0.29, 0.717) is 6.42 Å². The van der Waals surface area contributed by atoms with E-state index in [9.17, 15) is 12.8 Å². The smallest absolute Gasteiger partial charge is 0.233 e. The average Bonchev–Trinajstić information content (AvgIpc) is 2.42. The van der Waals surface area contributed by atoms with Gasteiger partial charge in [-0.2, -0.15) is 0 Å². The molecule has 0 unspecified atom stereocenters. The molecule has 1 N–H and O–H groups in total. The van der Waals surface area contributed by atoms with E-state index in [1.807, 2.05) is 30.3 Å². The molecule has 0 atom stereocenters. The summed E-state index contributed by atoms with van der Waals surface area (Å²) in [4.78, 5) is 0. The summed E-state index contributed by atoms with van der Waals surface area (Å²) in [6.45, 7) is 0. The summed E-state index contributed by atoms with van der Waals surface area (Å²) in [6.07, 6.45) is 0.359. The number of anilines is 1. The number of hydrogen-bond acceptors (Lipinski definition) is 2. The van der Waals surface area contributed by atoms with Gasteiger partial charge in [-0.15, -0.1) is 0 Å². The van der Waals surface area contributed by atoms with Gasteiger partial charge in [0.1, 0.15) is 5.82 Å². The molecule has 0 saturated heterocycles. The van der Waals surface area contributed by atoms with Crippen molar-refractivity contribution in [2.45, 2.75) is 6.42 Å². The summed E-state index contributed by atoms with van der Waals surface area (Å²) in [6, 6.07) is 13.0. The Morgan fingerprint density at radius 3 is 2.50 bits per heavy atom. The summed E-state index contributed by atoms with van der Waals surface area (Å²) in [5.41, 5.74) is 0.773. The highest BCUT2D eigenvalue weighted by molar-refractivity contribution is 7.92. The van der Waals surface area contributed by atoms with Gasteiger partial charge in [0, 0.05) is 5.02 Å². The zero-order valence-electron chi connectivity index (χ0n) is 10.5. The molecule has 2 aromatic rings. The predicted octanol–water partition coefficient (Wildman–Crippen LogP) is 3.46. The summed E-state index contributed by atoms with van der Waals surface area (Å²) < 4.78 is 39.5. The van der Waals surface area contributed by atoms with Gasteiger partial charge in [-0.1, -0.05) is 41.9 Å². The highest BCUT2D eigenvalue weighted by atomic mass is 35.5. The third-order valence-electron chi connectivity index (χ3n) is 2.70. The fourth-order valence-corrected chi connectivity index (χ4v) is 2.96. The van der Waals surface area contributed by atoms with Crippen LogP contribution in [0.5, 0.6) is 0 Å². The van der Waals surface area contributed by atoms with Crippen LogP contribution in [0.1, 0.15) is 5.56 Å². The number of sulfonamides is 1. The van der Waals surface area contributed by atoms with Crippen molar-refractivity contribution in [2.75, 3.05) is 10.5 Å². The lowest BCUT2D eigenvalue weighted by Gasteiger charge is -2.09. The number of aryl methyl sites for hydroxylation is 1. The number of halogens is 2. The minimum atomic E-state index is -3.62. The molecule has 0 radical (unpaired) electrons. The molecule has 0 bridgehead atoms. The van der Waals surface area contributed by atoms with Gasteiger partial charge in [-0.05, 0) is 30.2 Å². The minimum Gasteiger partial charge on any atom is -0.281 e. The van der Waals surface area contributed by atoms with Crippen LogP contribution in [0, 0.1) is 5.82 Å². The lowest BCUT2D eigenvalue weighted by Crippen LogP contribution is -2.19. The highest BCUT2D eigenvalue weighted by Gasteiger charge is 2.13. The van der Waals surface area contributed by atoms with Gasteiger partial charge in [0.2, 0.25) is 10.0 Å². The van der Waals surface area contributed by atoms with E-state index >= 15 is 0 Å². The molecule has 2 rings (SSSR count). The van der Waals surface area contributed by atoms with E-state index < -0.39 is 15.8 Å². The van der Waals surface area contributed by atoms with Crippen molar-refractivity contribution < 1.29 is 12.8 Å². The Morgan fingerprint density at radius 2 is 1.80 bits per heavy atom. The summed E-state index contributed by atoms with van der Waals surface area (Å²) in [5.74, 6) is -0.777. The van der Waals surface area contributed by atoms with E-state index in [1.165, 1.54) is 12.1 Å². The largest absolute Gasteiger partial charge is 0.281 e. The van der Waals surface area contributed by atoms with Crippen LogP contribution >= 0.6 is 11.6 Å². The molecule has 3 nitrogen and oxygen atoms in total. The van der Waals surface area contributed by atoms with Crippen LogP contribution in [0.3, 0.4) is 0 Å². The number of hydrogen-bond donors (Lipinski definition) is 1. The molecule has 0 spiro atoms. The Kier molecular flexibility index (Phi) is 4.62. The van der Waals surface area contributed by atoms with Crippen molar-refractivity contribution in [3.8, 4) is 0 Å². The van der Waals surface area contributed by atoms with E-state index in [0.717, 1.165) is 11.6 Å². The standard InChI is InChI=1S/C14H13ClFNO2S/c15-12-6-7-13(16)14(10-12)17-20(18,19)9-8-11-4-2-1-3-5-11/h1-7,10,17H,8-9H2. The van der Waals surface area contributed by atoms with E-state index in [1.54, 1.807) is 0 Å². The molecule has 2 aromatic carbocycles. The van der Waals surface area contributed by atoms with E-state index in [2.05, 4.69) is 4.72 Å². The fourth-order valence-electron chi connectivity index (χ4n) is 1.69. The molecular formula is C14H13ClFNO2S. The van der Waals surface area contributed by atoms with Crippen molar-refractivity contribution in [1.29, 1.82) is 0 Å². The topological polar surface area (TPSA) is 46.2 Å². The van der Waals surface area contributed by atoms with Crippen molar-refractivity contribution in [3.63, 3.8) is 0 Å². The van der Waals surface area contributed by atoms with Crippen molar-refractivity contribution >= 4 is 27.3 Å². The molecule has 0 amide bonds. The molecule has 0 saturated carbocycles. The van der Waals surface area contributed by atoms with Crippen LogP contribution in [0.2, 0.25) is 5.02 Å². The van der Waals surface area contributed by atoms with Crippen LogP contribution in [-0.4, -0.2) is 14.2 Å². The second-order valence-corrected chi connectivity index (χ2v) is 6.56. The first-order chi connectivity index (χ1) is 9.46. The fraction of sp³-hybridized carbons (Fsp3) is 0.143. The zero-order chi connectivity index (χ0) is 14.6. The number of rotatable bonds is 5. The highest BCUT2D eigenvalue weighted by Crippen LogP contribution is 2.20. The minimum absolute atomic E-state index is 0.122. The first-order valence-corrected chi connectivity index (χ1v) is 7.99. The molecule has 20 heavy (non-hydrogen) atoms. The second-order valence-electron chi connectivity index (χ2n) is 4.28. The molecule has 0 fully saturated rings. The second kappa shape index (κ2) is 6.24. The summed E-state index contributed by atoms with van der Waals surface area (Å²) in [7, 11) is -3.62. The summed E-state index contributed by atoms with van der Waals surface area (Å²) in [5, 5.41) is 0.271. The first-order valence-electron chi connectivity index (χ1n) is 5.96. The van der Waals surface area contributed by atoms with Gasteiger partial charge in [0.25, 0.3) is 0 Å². The lowest BCUT2D eigenvalue weighted by atomic mass is 10.2. The molecule has 0 aliphatic carbocycles. The van der Waals surface area contributed by atoms with Crippen molar-refractivity contribution in [3.05, 3.63) is 64.9 Å². The molecule has 0 aliphatic heterocycles. The molecule has 106 valence electrons. The lowest BCUT2D eigenvalue weighted by molar-refractivity contribution is 0.598. The first kappa shape index (κ1) is 14.8. The van der Waals surface area contributed by atoms with Crippen LogP contribution < -0.4 is 4.72 Å². The Bertz CT molecular complexity index is 690. The van der Waals surface area contributed by atoms with Crippen LogP contribution in [0.15, 0.2) is 48.5 Å². The van der Waals surface area contributed by atoms with Gasteiger partial charge >= 0.3 is 0 Å². The quantitative estimate of drug-likeness (QED) is 0.918. The van der Waals surface area contributed by atoms with Crippen molar-refractivity contribution in [2.24, 2.45) is 0 Å². The van der Waals surface area contributed by atoms with E-state index in [-0.39, 0.29) is 16.5 Å². The van der Waals surface area contributed by atoms with Crippen LogP contribution in [0.25, 0.3) is 0 Å². The molecule has 0 aliphatic rings. The SMILES string of the molecule is O=S(=O)(CCc1ccccc1)Nc1cc(Cl)ccc1F. The zero-order valence-corrected chi connectivity index (χ0v) is 12.1. The number of nitrogens with one attached hydrogen (secondary N) is 1. The normalized spacial score (nSPS) is 11.3. The van der Waals surface area contributed by atoms with Gasteiger partial charge in [-0.25, -0.2) is 12.8 Å². The molecule has 0 heterocycles. The Hall–Kier alpha value is -1.59. The number of benzene rings is 2. The molecular weight excluding hydrogens is 301 g/mol.